The number of nitrogens with zero attached hydrogens (tertiary/aromatic N) is 1. The minimum Gasteiger partial charge on any atom is -0.354 e. The van der Waals surface area contributed by atoms with E-state index in [-0.39, 0.29) is 17.7 Å². The molecular formula is C24H31ClN2O2. The van der Waals surface area contributed by atoms with Gasteiger partial charge in [-0.2, -0.15) is 0 Å². The van der Waals surface area contributed by atoms with E-state index < -0.39 is 6.04 Å². The van der Waals surface area contributed by atoms with Gasteiger partial charge in [0, 0.05) is 30.5 Å². The Morgan fingerprint density at radius 3 is 2.10 bits per heavy atom. The van der Waals surface area contributed by atoms with Crippen LogP contribution < -0.4 is 5.32 Å². The molecule has 2 aromatic rings. The van der Waals surface area contributed by atoms with E-state index in [1.165, 1.54) is 0 Å². The molecule has 5 heteroatoms. The normalized spacial score (nSPS) is 12.1. The summed E-state index contributed by atoms with van der Waals surface area (Å²) in [5.41, 5.74) is 1.97. The number of rotatable bonds is 9. The van der Waals surface area contributed by atoms with Crippen molar-refractivity contribution < 1.29 is 9.59 Å². The fourth-order valence-electron chi connectivity index (χ4n) is 3.06. The van der Waals surface area contributed by atoms with Crippen molar-refractivity contribution in [3.8, 4) is 0 Å². The van der Waals surface area contributed by atoms with Crippen LogP contribution in [0.2, 0.25) is 5.02 Å². The van der Waals surface area contributed by atoms with E-state index in [9.17, 15) is 9.59 Å². The molecule has 2 aromatic carbocycles. The van der Waals surface area contributed by atoms with Crippen LogP contribution >= 0.6 is 11.6 Å². The van der Waals surface area contributed by atoms with Gasteiger partial charge >= 0.3 is 0 Å². The second kappa shape index (κ2) is 11.0. The quantitative estimate of drug-likeness (QED) is 0.646. The molecule has 0 spiro atoms. The Balaban J connectivity index is 2.36. The lowest BCUT2D eigenvalue weighted by Gasteiger charge is -2.33. The first kappa shape index (κ1) is 23.0. The summed E-state index contributed by atoms with van der Waals surface area (Å²) in [4.78, 5) is 28.0. The number of carbonyl (C=O) groups excluding carboxylic acids is 2. The molecule has 2 rings (SSSR count). The zero-order valence-electron chi connectivity index (χ0n) is 17.7. The summed E-state index contributed by atoms with van der Waals surface area (Å²) in [6.45, 7) is 8.77. The first-order valence-electron chi connectivity index (χ1n) is 10.1. The van der Waals surface area contributed by atoms with E-state index in [1.54, 1.807) is 17.0 Å². The fraction of sp³-hybridized carbons (Fsp3) is 0.417. The molecule has 2 amide bonds. The predicted molar refractivity (Wildman–Crippen MR) is 119 cm³/mol. The van der Waals surface area contributed by atoms with Gasteiger partial charge in [-0.25, -0.2) is 0 Å². The molecule has 0 unspecified atom stereocenters. The molecule has 1 atom stereocenters. The van der Waals surface area contributed by atoms with Crippen molar-refractivity contribution in [3.63, 3.8) is 0 Å². The molecule has 0 saturated heterocycles. The predicted octanol–water partition coefficient (Wildman–Crippen LogP) is 4.71. The Kier molecular flexibility index (Phi) is 8.71. The molecule has 1 N–H and O–H groups in total. The van der Waals surface area contributed by atoms with Crippen molar-refractivity contribution in [2.24, 2.45) is 11.8 Å². The number of carbonyl (C=O) groups is 2. The highest BCUT2D eigenvalue weighted by molar-refractivity contribution is 6.30. The molecule has 0 aromatic heterocycles. The van der Waals surface area contributed by atoms with Crippen LogP contribution in [0.15, 0.2) is 54.6 Å². The SMILES string of the molecule is CC(C)CNC(=O)[C@H](Cc1ccccc1)N(Cc1ccc(Cl)cc1)C(=O)C(C)C. The number of hydrogen-bond donors (Lipinski definition) is 1. The third-order valence-corrected chi connectivity index (χ3v) is 4.93. The van der Waals surface area contributed by atoms with Crippen LogP contribution in [0.5, 0.6) is 0 Å². The first-order valence-corrected chi connectivity index (χ1v) is 10.5. The molecule has 0 fully saturated rings. The van der Waals surface area contributed by atoms with Crippen LogP contribution in [0.3, 0.4) is 0 Å². The van der Waals surface area contributed by atoms with Crippen LogP contribution in [0.25, 0.3) is 0 Å². The molecular weight excluding hydrogens is 384 g/mol. The summed E-state index contributed by atoms with van der Waals surface area (Å²) in [6.07, 6.45) is 0.469. The molecule has 4 nitrogen and oxygen atoms in total. The van der Waals surface area contributed by atoms with Gasteiger partial charge in [0.15, 0.2) is 0 Å². The third-order valence-electron chi connectivity index (χ3n) is 4.68. The monoisotopic (exact) mass is 414 g/mol. The van der Waals surface area contributed by atoms with Crippen LogP contribution in [0.1, 0.15) is 38.8 Å². The summed E-state index contributed by atoms with van der Waals surface area (Å²) < 4.78 is 0. The average molecular weight is 415 g/mol. The Morgan fingerprint density at radius 2 is 1.55 bits per heavy atom. The van der Waals surface area contributed by atoms with Gasteiger partial charge in [-0.05, 0) is 29.2 Å². The molecule has 0 aliphatic heterocycles. The van der Waals surface area contributed by atoms with Gasteiger partial charge in [-0.1, -0.05) is 81.8 Å². The van der Waals surface area contributed by atoms with E-state index in [0.717, 1.165) is 11.1 Å². The zero-order chi connectivity index (χ0) is 21.4. The topological polar surface area (TPSA) is 49.4 Å². The van der Waals surface area contributed by atoms with Crippen molar-refractivity contribution >= 4 is 23.4 Å². The molecule has 0 saturated carbocycles. The highest BCUT2D eigenvalue weighted by Gasteiger charge is 2.31. The average Bonchev–Trinajstić information content (AvgIpc) is 2.70. The van der Waals surface area contributed by atoms with E-state index >= 15 is 0 Å². The number of hydrogen-bond acceptors (Lipinski definition) is 2. The highest BCUT2D eigenvalue weighted by Crippen LogP contribution is 2.18. The summed E-state index contributed by atoms with van der Waals surface area (Å²) in [5, 5.41) is 3.66. The smallest absolute Gasteiger partial charge is 0.243 e. The van der Waals surface area contributed by atoms with Crippen LogP contribution in [-0.2, 0) is 22.6 Å². The zero-order valence-corrected chi connectivity index (χ0v) is 18.4. The maximum Gasteiger partial charge on any atom is 0.243 e. The molecule has 0 heterocycles. The molecule has 0 bridgehead atoms. The second-order valence-corrected chi connectivity index (χ2v) is 8.53. The molecule has 0 radical (unpaired) electrons. The van der Waals surface area contributed by atoms with Crippen LogP contribution in [0.4, 0.5) is 0 Å². The maximum atomic E-state index is 13.1. The van der Waals surface area contributed by atoms with Crippen LogP contribution in [-0.4, -0.2) is 29.3 Å². The van der Waals surface area contributed by atoms with Crippen molar-refractivity contribution in [3.05, 3.63) is 70.7 Å². The third kappa shape index (κ3) is 7.21. The highest BCUT2D eigenvalue weighted by atomic mass is 35.5. The maximum absolute atomic E-state index is 13.1. The van der Waals surface area contributed by atoms with E-state index in [1.807, 2.05) is 56.3 Å². The number of amides is 2. The standard InChI is InChI=1S/C24H31ClN2O2/c1-17(2)15-26-23(28)22(14-19-8-6-5-7-9-19)27(24(29)18(3)4)16-20-10-12-21(25)13-11-20/h5-13,17-18,22H,14-16H2,1-4H3,(H,26,28)/t22-/m0/s1. The summed E-state index contributed by atoms with van der Waals surface area (Å²) >= 11 is 6.01. The largest absolute Gasteiger partial charge is 0.354 e. The Morgan fingerprint density at radius 1 is 0.931 bits per heavy atom. The fourth-order valence-corrected chi connectivity index (χ4v) is 3.19. The van der Waals surface area contributed by atoms with Gasteiger partial charge in [0.25, 0.3) is 0 Å². The second-order valence-electron chi connectivity index (χ2n) is 8.09. The van der Waals surface area contributed by atoms with Gasteiger partial charge in [-0.15, -0.1) is 0 Å². The number of benzene rings is 2. The van der Waals surface area contributed by atoms with Crippen molar-refractivity contribution in [1.29, 1.82) is 0 Å². The number of halogens is 1. The van der Waals surface area contributed by atoms with Crippen molar-refractivity contribution in [2.75, 3.05) is 6.54 Å². The Labute approximate surface area is 179 Å². The molecule has 29 heavy (non-hydrogen) atoms. The summed E-state index contributed by atoms with van der Waals surface area (Å²) in [5.74, 6) is -0.0357. The lowest BCUT2D eigenvalue weighted by Crippen LogP contribution is -2.52. The minimum absolute atomic E-state index is 0.0411. The molecule has 0 aliphatic carbocycles. The molecule has 0 aliphatic rings. The van der Waals surface area contributed by atoms with Gasteiger partial charge in [-0.3, -0.25) is 9.59 Å². The Bertz CT molecular complexity index is 788. The van der Waals surface area contributed by atoms with E-state index in [4.69, 9.17) is 11.6 Å². The van der Waals surface area contributed by atoms with Crippen molar-refractivity contribution in [2.45, 2.75) is 46.7 Å². The lowest BCUT2D eigenvalue weighted by molar-refractivity contribution is -0.143. The lowest BCUT2D eigenvalue weighted by atomic mass is 10.0. The molecule has 156 valence electrons. The van der Waals surface area contributed by atoms with Gasteiger partial charge in [0.2, 0.25) is 11.8 Å². The summed E-state index contributed by atoms with van der Waals surface area (Å²) in [7, 11) is 0. The first-order chi connectivity index (χ1) is 13.8. The Hall–Kier alpha value is -2.33. The van der Waals surface area contributed by atoms with Crippen LogP contribution in [0, 0.1) is 11.8 Å². The van der Waals surface area contributed by atoms with E-state index in [0.29, 0.717) is 30.5 Å². The summed E-state index contributed by atoms with van der Waals surface area (Å²) in [6, 6.07) is 16.7. The number of nitrogens with one attached hydrogen (secondary N) is 1. The van der Waals surface area contributed by atoms with Gasteiger partial charge in [0.05, 0.1) is 0 Å². The van der Waals surface area contributed by atoms with Gasteiger partial charge in [0.1, 0.15) is 6.04 Å². The minimum atomic E-state index is -0.582. The van der Waals surface area contributed by atoms with E-state index in [2.05, 4.69) is 19.2 Å². The van der Waals surface area contributed by atoms with Gasteiger partial charge < -0.3 is 10.2 Å². The van der Waals surface area contributed by atoms with Crippen molar-refractivity contribution in [1.82, 2.24) is 10.2 Å².